The molecule has 0 spiro atoms. The molecule has 6 heteroatoms. The number of pyridine rings is 1. The summed E-state index contributed by atoms with van der Waals surface area (Å²) in [5.74, 6) is 1.00. The molecule has 1 aliphatic heterocycles. The summed E-state index contributed by atoms with van der Waals surface area (Å²) < 4.78 is 0. The zero-order valence-electron chi connectivity index (χ0n) is 16.9. The highest BCUT2D eigenvalue weighted by atomic mass is 16.3. The molecule has 1 aliphatic rings. The molecule has 1 saturated heterocycles. The highest BCUT2D eigenvalue weighted by molar-refractivity contribution is 5.82. The van der Waals surface area contributed by atoms with Gasteiger partial charge in [0.1, 0.15) is 5.82 Å². The molecule has 0 amide bonds. The molecular weight excluding hydrogens is 350 g/mol. The monoisotopic (exact) mass is 379 g/mol. The summed E-state index contributed by atoms with van der Waals surface area (Å²) in [5, 5.41) is 18.7. The van der Waals surface area contributed by atoms with Gasteiger partial charge in [0.05, 0.1) is 17.3 Å². The average molecular weight is 380 g/mol. The lowest BCUT2D eigenvalue weighted by molar-refractivity contribution is 0.153. The number of nitrogens with one attached hydrogen (secondary N) is 1. The van der Waals surface area contributed by atoms with Gasteiger partial charge >= 0.3 is 0 Å². The Balaban J connectivity index is 1.66. The summed E-state index contributed by atoms with van der Waals surface area (Å²) >= 11 is 0. The van der Waals surface area contributed by atoms with Gasteiger partial charge in [-0.3, -0.25) is 10.00 Å². The van der Waals surface area contributed by atoms with Crippen molar-refractivity contribution < 1.29 is 5.11 Å². The molecule has 0 saturated carbocycles. The van der Waals surface area contributed by atoms with Crippen LogP contribution in [0.25, 0.3) is 10.9 Å². The number of aromatic amines is 1. The van der Waals surface area contributed by atoms with Gasteiger partial charge in [-0.05, 0) is 58.0 Å². The van der Waals surface area contributed by atoms with E-state index in [4.69, 9.17) is 4.98 Å². The summed E-state index contributed by atoms with van der Waals surface area (Å²) in [6.45, 7) is 7.28. The number of aliphatic hydroxyl groups excluding tert-OH is 1. The Kier molecular flexibility index (Phi) is 5.33. The quantitative estimate of drug-likeness (QED) is 0.713. The molecule has 2 aromatic heterocycles. The number of hydrogen-bond acceptors (Lipinski definition) is 5. The largest absolute Gasteiger partial charge is 0.391 e. The Morgan fingerprint density at radius 2 is 2.07 bits per heavy atom. The van der Waals surface area contributed by atoms with Crippen LogP contribution in [-0.4, -0.2) is 51.4 Å². The number of aryl methyl sites for hydroxylation is 2. The van der Waals surface area contributed by atoms with Gasteiger partial charge in [-0.1, -0.05) is 11.6 Å². The van der Waals surface area contributed by atoms with E-state index in [9.17, 15) is 5.11 Å². The second-order valence-electron chi connectivity index (χ2n) is 8.12. The fourth-order valence-electron chi connectivity index (χ4n) is 4.05. The Hall–Kier alpha value is -2.44. The molecule has 0 bridgehead atoms. The van der Waals surface area contributed by atoms with Crippen LogP contribution in [-0.2, 0) is 13.1 Å². The number of benzene rings is 1. The third-order valence-corrected chi connectivity index (χ3v) is 5.35. The van der Waals surface area contributed by atoms with E-state index in [0.717, 1.165) is 55.2 Å². The van der Waals surface area contributed by atoms with E-state index in [0.29, 0.717) is 6.54 Å². The van der Waals surface area contributed by atoms with Crippen molar-refractivity contribution in [3.05, 3.63) is 52.8 Å². The van der Waals surface area contributed by atoms with Gasteiger partial charge in [-0.25, -0.2) is 4.98 Å². The van der Waals surface area contributed by atoms with Crippen molar-refractivity contribution in [2.45, 2.75) is 45.9 Å². The van der Waals surface area contributed by atoms with E-state index < -0.39 is 0 Å². The number of aliphatic hydroxyl groups is 1. The minimum Gasteiger partial charge on any atom is -0.391 e. The molecule has 3 heterocycles. The molecule has 1 atom stereocenters. The zero-order chi connectivity index (χ0) is 19.7. The lowest BCUT2D eigenvalue weighted by atomic mass is 10.1. The maximum absolute atomic E-state index is 10.2. The van der Waals surface area contributed by atoms with Gasteiger partial charge in [0.25, 0.3) is 0 Å². The number of rotatable bonds is 5. The maximum atomic E-state index is 10.2. The van der Waals surface area contributed by atoms with Crippen LogP contribution in [0.15, 0.2) is 30.3 Å². The Bertz CT molecular complexity index is 967. The highest BCUT2D eigenvalue weighted by Gasteiger charge is 2.22. The first-order valence-electron chi connectivity index (χ1n) is 10.0. The second kappa shape index (κ2) is 7.89. The van der Waals surface area contributed by atoms with Crippen molar-refractivity contribution in [2.75, 3.05) is 25.0 Å². The minimum absolute atomic E-state index is 0.276. The zero-order valence-corrected chi connectivity index (χ0v) is 16.9. The lowest BCUT2D eigenvalue weighted by Crippen LogP contribution is -2.39. The summed E-state index contributed by atoms with van der Waals surface area (Å²) in [4.78, 5) is 9.51. The molecule has 6 nitrogen and oxygen atoms in total. The summed E-state index contributed by atoms with van der Waals surface area (Å²) in [6.07, 6.45) is 1.59. The minimum atomic E-state index is -0.276. The molecule has 4 rings (SSSR count). The van der Waals surface area contributed by atoms with Crippen LogP contribution in [0.2, 0.25) is 0 Å². The van der Waals surface area contributed by atoms with Crippen molar-refractivity contribution in [3.63, 3.8) is 0 Å². The molecule has 148 valence electrons. The number of fused-ring (bicyclic) bond motifs is 1. The maximum Gasteiger partial charge on any atom is 0.133 e. The first kappa shape index (κ1) is 18.9. The van der Waals surface area contributed by atoms with Crippen LogP contribution in [0.3, 0.4) is 0 Å². The van der Waals surface area contributed by atoms with Gasteiger partial charge in [0.15, 0.2) is 0 Å². The van der Waals surface area contributed by atoms with E-state index in [1.807, 2.05) is 6.92 Å². The van der Waals surface area contributed by atoms with Crippen LogP contribution in [0.5, 0.6) is 0 Å². The number of piperidine rings is 1. The third kappa shape index (κ3) is 4.18. The molecule has 2 N–H and O–H groups in total. The van der Waals surface area contributed by atoms with E-state index in [1.165, 1.54) is 16.5 Å². The van der Waals surface area contributed by atoms with Crippen molar-refractivity contribution in [3.8, 4) is 0 Å². The van der Waals surface area contributed by atoms with Crippen molar-refractivity contribution in [2.24, 2.45) is 0 Å². The number of β-amino-alcohol motifs (C(OH)–C–C–N with tert-alkyl or cyclic N) is 1. The standard InChI is InChI=1S/C22H29N5O/c1-15-6-7-21-17(9-15)11-18(12-26(3)13-19-10-16(2)24-25-19)22(23-21)27-8-4-5-20(28)14-27/h6-7,9-11,20,28H,4-5,8,12-14H2,1-3H3,(H,24,25). The summed E-state index contributed by atoms with van der Waals surface area (Å²) in [6, 6.07) is 10.7. The first-order valence-corrected chi connectivity index (χ1v) is 10.0. The highest BCUT2D eigenvalue weighted by Crippen LogP contribution is 2.28. The van der Waals surface area contributed by atoms with E-state index in [2.05, 4.69) is 64.3 Å². The predicted octanol–water partition coefficient (Wildman–Crippen LogP) is 3.17. The number of nitrogens with zero attached hydrogens (tertiary/aromatic N) is 4. The molecule has 0 radical (unpaired) electrons. The van der Waals surface area contributed by atoms with E-state index in [1.54, 1.807) is 0 Å². The van der Waals surface area contributed by atoms with Gasteiger partial charge < -0.3 is 10.0 Å². The van der Waals surface area contributed by atoms with E-state index >= 15 is 0 Å². The molecule has 1 fully saturated rings. The van der Waals surface area contributed by atoms with Crippen LogP contribution < -0.4 is 4.90 Å². The van der Waals surface area contributed by atoms with E-state index in [-0.39, 0.29) is 6.10 Å². The van der Waals surface area contributed by atoms with Crippen molar-refractivity contribution >= 4 is 16.7 Å². The predicted molar refractivity (Wildman–Crippen MR) is 112 cm³/mol. The molecule has 3 aromatic rings. The number of hydrogen-bond donors (Lipinski definition) is 2. The molecule has 0 aliphatic carbocycles. The fourth-order valence-corrected chi connectivity index (χ4v) is 4.05. The molecular formula is C22H29N5O. The van der Waals surface area contributed by atoms with Gasteiger partial charge in [0.2, 0.25) is 0 Å². The lowest BCUT2D eigenvalue weighted by Gasteiger charge is -2.33. The Morgan fingerprint density at radius 1 is 1.21 bits per heavy atom. The van der Waals surface area contributed by atoms with Gasteiger partial charge in [0, 0.05) is 42.8 Å². The third-order valence-electron chi connectivity index (χ3n) is 5.35. The normalized spacial score (nSPS) is 17.6. The topological polar surface area (TPSA) is 68.3 Å². The van der Waals surface area contributed by atoms with Crippen LogP contribution in [0.4, 0.5) is 5.82 Å². The van der Waals surface area contributed by atoms with Gasteiger partial charge in [-0.2, -0.15) is 5.10 Å². The second-order valence-corrected chi connectivity index (χ2v) is 8.12. The van der Waals surface area contributed by atoms with Crippen molar-refractivity contribution in [1.29, 1.82) is 0 Å². The average Bonchev–Trinajstić information content (AvgIpc) is 3.05. The Labute approximate surface area is 166 Å². The molecule has 1 unspecified atom stereocenters. The summed E-state index contributed by atoms with van der Waals surface area (Å²) in [5.41, 5.74) is 5.56. The van der Waals surface area contributed by atoms with Crippen LogP contribution in [0.1, 0.15) is 35.4 Å². The van der Waals surface area contributed by atoms with Gasteiger partial charge in [-0.15, -0.1) is 0 Å². The van der Waals surface area contributed by atoms with Crippen molar-refractivity contribution in [1.82, 2.24) is 20.1 Å². The Morgan fingerprint density at radius 3 is 2.82 bits per heavy atom. The summed E-state index contributed by atoms with van der Waals surface area (Å²) in [7, 11) is 2.11. The number of aromatic nitrogens is 3. The van der Waals surface area contributed by atoms with Crippen LogP contribution >= 0.6 is 0 Å². The van der Waals surface area contributed by atoms with Crippen LogP contribution in [0, 0.1) is 13.8 Å². The molecule has 28 heavy (non-hydrogen) atoms. The number of anilines is 1. The molecule has 1 aromatic carbocycles. The number of H-pyrrole nitrogens is 1. The smallest absolute Gasteiger partial charge is 0.133 e. The SMILES string of the molecule is Cc1ccc2nc(N3CCCC(O)C3)c(CN(C)Cc3cc(C)[nH]n3)cc2c1. The first-order chi connectivity index (χ1) is 13.5. The fraction of sp³-hybridized carbons (Fsp3) is 0.455.